The van der Waals surface area contributed by atoms with Gasteiger partial charge in [-0.1, -0.05) is 42.5 Å². The van der Waals surface area contributed by atoms with Gasteiger partial charge in [0.15, 0.2) is 0 Å². The number of carbonyl (C=O) groups is 1. The van der Waals surface area contributed by atoms with Crippen molar-refractivity contribution >= 4 is 23.1 Å². The Kier molecular flexibility index (Phi) is 4.64. The Hall–Kier alpha value is -1.46. The fourth-order valence-corrected chi connectivity index (χ4v) is 3.21. The molecule has 2 rings (SSSR count). The van der Waals surface area contributed by atoms with Gasteiger partial charge in [0.05, 0.1) is 10.5 Å². The highest BCUT2D eigenvalue weighted by Gasteiger charge is 2.43. The van der Waals surface area contributed by atoms with E-state index in [2.05, 4.69) is 17.0 Å². The number of hydrogen-bond acceptors (Lipinski definition) is 3. The van der Waals surface area contributed by atoms with E-state index in [9.17, 15) is 4.79 Å². The molecular formula is C16H23N3OS. The van der Waals surface area contributed by atoms with Crippen LogP contribution in [0.1, 0.15) is 31.9 Å². The third-order valence-electron chi connectivity index (χ3n) is 4.22. The smallest absolute Gasteiger partial charge is 0.242 e. The summed E-state index contributed by atoms with van der Waals surface area (Å²) >= 11 is 5.12. The molecule has 0 saturated carbocycles. The average molecular weight is 305 g/mol. The maximum atomic E-state index is 12.5. The maximum absolute atomic E-state index is 12.5. The Bertz CT molecular complexity index is 530. The highest BCUT2D eigenvalue weighted by Crippen LogP contribution is 2.34. The molecule has 4 nitrogen and oxygen atoms in total. The molecule has 0 radical (unpaired) electrons. The second-order valence-corrected chi connectivity index (χ2v) is 6.60. The second-order valence-electron chi connectivity index (χ2n) is 6.08. The Morgan fingerprint density at radius 3 is 2.52 bits per heavy atom. The van der Waals surface area contributed by atoms with E-state index in [0.717, 1.165) is 18.7 Å². The van der Waals surface area contributed by atoms with Crippen LogP contribution in [0.15, 0.2) is 30.3 Å². The Balaban J connectivity index is 2.37. The van der Waals surface area contributed by atoms with Crippen LogP contribution < -0.4 is 5.73 Å². The van der Waals surface area contributed by atoms with Crippen molar-refractivity contribution in [2.45, 2.75) is 31.8 Å². The molecule has 1 aromatic rings. The zero-order chi connectivity index (χ0) is 15.6. The largest absolute Gasteiger partial charge is 0.393 e. The first-order valence-electron chi connectivity index (χ1n) is 7.19. The third kappa shape index (κ3) is 3.24. The Morgan fingerprint density at radius 1 is 1.33 bits per heavy atom. The summed E-state index contributed by atoms with van der Waals surface area (Å²) in [6, 6.07) is 10.2. The van der Waals surface area contributed by atoms with Crippen molar-refractivity contribution in [3.05, 3.63) is 35.9 Å². The van der Waals surface area contributed by atoms with Crippen molar-refractivity contribution in [3.8, 4) is 0 Å². The van der Waals surface area contributed by atoms with Crippen LogP contribution in [0.2, 0.25) is 0 Å². The first kappa shape index (κ1) is 15.9. The van der Waals surface area contributed by atoms with Gasteiger partial charge in [0.1, 0.15) is 0 Å². The van der Waals surface area contributed by atoms with E-state index in [1.807, 2.05) is 39.1 Å². The van der Waals surface area contributed by atoms with Crippen molar-refractivity contribution in [2.24, 2.45) is 5.73 Å². The van der Waals surface area contributed by atoms with E-state index in [-0.39, 0.29) is 11.9 Å². The van der Waals surface area contributed by atoms with E-state index < -0.39 is 5.54 Å². The highest BCUT2D eigenvalue weighted by molar-refractivity contribution is 7.80. The maximum Gasteiger partial charge on any atom is 0.242 e. The molecule has 114 valence electrons. The molecule has 2 N–H and O–H groups in total. The predicted molar refractivity (Wildman–Crippen MR) is 89.0 cm³/mol. The van der Waals surface area contributed by atoms with Crippen LogP contribution in [-0.2, 0) is 4.79 Å². The number of nitrogens with zero attached hydrogens (tertiary/aromatic N) is 2. The first-order valence-corrected chi connectivity index (χ1v) is 7.60. The highest BCUT2D eigenvalue weighted by atomic mass is 32.1. The van der Waals surface area contributed by atoms with Crippen LogP contribution in [0.4, 0.5) is 0 Å². The van der Waals surface area contributed by atoms with Crippen LogP contribution in [-0.4, -0.2) is 46.4 Å². The fraction of sp³-hybridized carbons (Fsp3) is 0.500. The fourth-order valence-electron chi connectivity index (χ4n) is 3.05. The normalized spacial score (nSPS) is 20.3. The topological polar surface area (TPSA) is 49.6 Å². The third-order valence-corrected chi connectivity index (χ3v) is 4.39. The molecule has 1 amide bonds. The van der Waals surface area contributed by atoms with Crippen LogP contribution >= 0.6 is 12.2 Å². The van der Waals surface area contributed by atoms with E-state index in [0.29, 0.717) is 11.4 Å². The summed E-state index contributed by atoms with van der Waals surface area (Å²) < 4.78 is 0. The summed E-state index contributed by atoms with van der Waals surface area (Å²) in [5, 5.41) is 0. The summed E-state index contributed by atoms with van der Waals surface area (Å²) in [7, 11) is 1.85. The summed E-state index contributed by atoms with van der Waals surface area (Å²) in [5.41, 5.74) is 6.39. The number of thiocarbonyl (C=S) groups is 1. The van der Waals surface area contributed by atoms with Crippen molar-refractivity contribution in [2.75, 3.05) is 20.1 Å². The number of likely N-dealkylation sites (N-methyl/N-ethyl adjacent to an activating group) is 1. The van der Waals surface area contributed by atoms with Crippen molar-refractivity contribution in [1.82, 2.24) is 9.80 Å². The zero-order valence-corrected chi connectivity index (χ0v) is 13.7. The van der Waals surface area contributed by atoms with E-state index >= 15 is 0 Å². The SMILES string of the molecule is CN1CCN(C(CC(N)=S)c2ccccc2)C(C)(C)C1=O. The monoisotopic (exact) mass is 305 g/mol. The van der Waals surface area contributed by atoms with Crippen LogP contribution in [0, 0.1) is 0 Å². The van der Waals surface area contributed by atoms with Gasteiger partial charge in [0.25, 0.3) is 0 Å². The molecule has 1 aliphatic heterocycles. The molecule has 0 bridgehead atoms. The number of benzene rings is 1. The minimum atomic E-state index is -0.557. The molecule has 5 heteroatoms. The predicted octanol–water partition coefficient (Wildman–Crippen LogP) is 1.96. The zero-order valence-electron chi connectivity index (χ0n) is 12.9. The van der Waals surface area contributed by atoms with Gasteiger partial charge in [-0.05, 0) is 19.4 Å². The van der Waals surface area contributed by atoms with Crippen molar-refractivity contribution < 1.29 is 4.79 Å². The molecule has 0 aliphatic carbocycles. The molecule has 1 atom stereocenters. The minimum Gasteiger partial charge on any atom is -0.393 e. The lowest BCUT2D eigenvalue weighted by molar-refractivity contribution is -0.149. The van der Waals surface area contributed by atoms with E-state index in [4.69, 9.17) is 18.0 Å². The molecule has 1 saturated heterocycles. The van der Waals surface area contributed by atoms with Gasteiger partial charge in [-0.2, -0.15) is 0 Å². The number of rotatable bonds is 4. The van der Waals surface area contributed by atoms with Gasteiger partial charge < -0.3 is 10.6 Å². The van der Waals surface area contributed by atoms with Gasteiger partial charge >= 0.3 is 0 Å². The molecule has 0 aromatic heterocycles. The first-order chi connectivity index (χ1) is 9.84. The summed E-state index contributed by atoms with van der Waals surface area (Å²) in [5.74, 6) is 0.137. The number of hydrogen-bond donors (Lipinski definition) is 1. The van der Waals surface area contributed by atoms with E-state index in [1.54, 1.807) is 4.90 Å². The molecule has 21 heavy (non-hydrogen) atoms. The molecule has 0 spiro atoms. The van der Waals surface area contributed by atoms with E-state index in [1.165, 1.54) is 0 Å². The quantitative estimate of drug-likeness (QED) is 0.864. The van der Waals surface area contributed by atoms with Gasteiger partial charge in [0.2, 0.25) is 5.91 Å². The number of piperazine rings is 1. The molecule has 1 aromatic carbocycles. The van der Waals surface area contributed by atoms with Gasteiger partial charge in [-0.15, -0.1) is 0 Å². The van der Waals surface area contributed by atoms with Gasteiger partial charge in [-0.25, -0.2) is 0 Å². The Labute approximate surface area is 131 Å². The number of amides is 1. The molecule has 1 aliphatic rings. The van der Waals surface area contributed by atoms with Gasteiger partial charge in [-0.3, -0.25) is 9.69 Å². The van der Waals surface area contributed by atoms with Crippen LogP contribution in [0.25, 0.3) is 0 Å². The summed E-state index contributed by atoms with van der Waals surface area (Å²) in [6.45, 7) is 5.49. The number of nitrogens with two attached hydrogens (primary N) is 1. The van der Waals surface area contributed by atoms with Gasteiger partial charge in [0, 0.05) is 32.6 Å². The lowest BCUT2D eigenvalue weighted by Gasteiger charge is -2.48. The molecular weight excluding hydrogens is 282 g/mol. The van der Waals surface area contributed by atoms with Crippen LogP contribution in [0.5, 0.6) is 0 Å². The number of carbonyl (C=O) groups excluding carboxylic acids is 1. The lowest BCUT2D eigenvalue weighted by Crippen LogP contribution is -2.62. The summed E-state index contributed by atoms with van der Waals surface area (Å²) in [4.78, 5) is 17.0. The lowest BCUT2D eigenvalue weighted by atomic mass is 9.91. The Morgan fingerprint density at radius 2 is 1.95 bits per heavy atom. The standard InChI is InChI=1S/C16H23N3OS/c1-16(2)15(20)18(3)9-10-19(16)13(11-14(17)21)12-7-5-4-6-8-12/h4-8,13H,9-11H2,1-3H3,(H2,17,21). The molecule has 1 unspecified atom stereocenters. The van der Waals surface area contributed by atoms with Crippen LogP contribution in [0.3, 0.4) is 0 Å². The molecule has 1 fully saturated rings. The summed E-state index contributed by atoms with van der Waals surface area (Å²) in [6.07, 6.45) is 0.583. The average Bonchev–Trinajstić information content (AvgIpc) is 2.44. The van der Waals surface area contributed by atoms with Crippen molar-refractivity contribution in [1.29, 1.82) is 0 Å². The van der Waals surface area contributed by atoms with Crippen molar-refractivity contribution in [3.63, 3.8) is 0 Å². The minimum absolute atomic E-state index is 0.0383. The molecule has 1 heterocycles. The second kappa shape index (κ2) is 6.12.